The van der Waals surface area contributed by atoms with Gasteiger partial charge in [-0.3, -0.25) is 0 Å². The highest BCUT2D eigenvalue weighted by Gasteiger charge is 2.23. The van der Waals surface area contributed by atoms with E-state index in [1.54, 1.807) is 0 Å². The molecule has 0 aliphatic rings. The first kappa shape index (κ1) is 45.6. The molecule has 0 aromatic heterocycles. The van der Waals surface area contributed by atoms with Crippen molar-refractivity contribution in [2.24, 2.45) is 0 Å². The molecule has 48 heavy (non-hydrogen) atoms. The summed E-state index contributed by atoms with van der Waals surface area (Å²) in [5.41, 5.74) is -0.474. The Morgan fingerprint density at radius 3 is 0.938 bits per heavy atom. The molecule has 0 atom stereocenters. The Labute approximate surface area is 297 Å². The summed E-state index contributed by atoms with van der Waals surface area (Å²) in [6.07, 6.45) is 16.4. The van der Waals surface area contributed by atoms with Crippen molar-refractivity contribution in [3.8, 4) is 0 Å². The van der Waals surface area contributed by atoms with Gasteiger partial charge in [0.1, 0.15) is 0 Å². The van der Waals surface area contributed by atoms with Gasteiger partial charge in [-0.25, -0.2) is 0 Å². The number of carbonyl (C=O) groups excluding carboxylic acids is 2. The van der Waals surface area contributed by atoms with Gasteiger partial charge in [0.05, 0.1) is 76.4 Å². The van der Waals surface area contributed by atoms with Crippen LogP contribution in [0.2, 0.25) is 0 Å². The average Bonchev–Trinajstić information content (AvgIpc) is 3.10. The molecule has 274 valence electrons. The van der Waals surface area contributed by atoms with Crippen LogP contribution >= 0.6 is 0 Å². The molecule has 0 radical (unpaired) electrons. The van der Waals surface area contributed by atoms with Crippen LogP contribution in [0.3, 0.4) is 0 Å². The van der Waals surface area contributed by atoms with Gasteiger partial charge in [-0.1, -0.05) is 104 Å². The summed E-state index contributed by atoms with van der Waals surface area (Å²) in [4.78, 5) is 22.0. The predicted molar refractivity (Wildman–Crippen MR) is 197 cm³/mol. The van der Waals surface area contributed by atoms with Crippen LogP contribution in [0.25, 0.3) is 0 Å². The molecule has 0 saturated heterocycles. The molecule has 0 unspecified atom stereocenters. The van der Waals surface area contributed by atoms with Gasteiger partial charge in [0, 0.05) is 11.2 Å². The summed E-state index contributed by atoms with van der Waals surface area (Å²) in [5, 5.41) is 22.0. The molecule has 2 aromatic carbocycles. The zero-order valence-corrected chi connectivity index (χ0v) is 32.5. The summed E-state index contributed by atoms with van der Waals surface area (Å²) >= 11 is -1.95. The third-order valence-electron chi connectivity index (χ3n) is 8.92. The number of carboxylic acid groups (broad SMARTS) is 2. The maximum Gasteiger partial charge on any atom is 0.167 e. The highest BCUT2D eigenvalue weighted by molar-refractivity contribution is 7.91. The highest BCUT2D eigenvalue weighted by Crippen LogP contribution is 2.26. The third kappa shape index (κ3) is 18.4. The number of carboxylic acids is 2. The minimum absolute atomic E-state index is 0.0128. The van der Waals surface area contributed by atoms with Crippen LogP contribution in [0, 0.1) is 0 Å². The molecule has 0 heterocycles. The van der Waals surface area contributed by atoms with Gasteiger partial charge >= 0.3 is 0 Å². The van der Waals surface area contributed by atoms with Gasteiger partial charge in [0.25, 0.3) is 0 Å². The molecule has 7 nitrogen and oxygen atoms in total. The minimum atomic E-state index is -1.95. The number of rotatable bonds is 22. The van der Waals surface area contributed by atoms with Crippen molar-refractivity contribution in [1.29, 1.82) is 0 Å². The zero-order valence-electron chi connectivity index (χ0n) is 31.7. The van der Waals surface area contributed by atoms with Crippen molar-refractivity contribution in [2.45, 2.75) is 128 Å². The van der Waals surface area contributed by atoms with Gasteiger partial charge in [0.2, 0.25) is 0 Å². The number of benzene rings is 2. The van der Waals surface area contributed by atoms with E-state index >= 15 is 0 Å². The number of nitrogens with zero attached hydrogens (tertiary/aromatic N) is 2. The summed E-state index contributed by atoms with van der Waals surface area (Å²) in [6, 6.07) is 11.2. The van der Waals surface area contributed by atoms with Gasteiger partial charge in [-0.2, -0.15) is 0 Å². The van der Waals surface area contributed by atoms with Crippen molar-refractivity contribution < 1.29 is 33.3 Å². The van der Waals surface area contributed by atoms with Gasteiger partial charge in [-0.15, -0.1) is 0 Å². The SMILES string of the molecule is CCCC[N+](C)(CCCC)CCCC.CCCC[N+](C)(CCCC)CCCC.O=C([O-])c1ccccc1[S+]([O-])c1ccccc1C(=O)[O-]. The van der Waals surface area contributed by atoms with E-state index in [0.29, 0.717) is 0 Å². The lowest BCUT2D eigenvalue weighted by Crippen LogP contribution is -2.46. The molecule has 0 N–H and O–H groups in total. The second kappa shape index (κ2) is 26.5. The van der Waals surface area contributed by atoms with Crippen molar-refractivity contribution in [3.63, 3.8) is 0 Å². The molecule has 2 rings (SSSR count). The Morgan fingerprint density at radius 2 is 0.729 bits per heavy atom. The Balaban J connectivity index is 0.000000712. The van der Waals surface area contributed by atoms with E-state index in [2.05, 4.69) is 55.6 Å². The van der Waals surface area contributed by atoms with E-state index in [-0.39, 0.29) is 20.9 Å². The van der Waals surface area contributed by atoms with E-state index in [4.69, 9.17) is 0 Å². The zero-order chi connectivity index (χ0) is 36.4. The molecular formula is C40H68N2O5S. The normalized spacial score (nSPS) is 11.4. The third-order valence-corrected chi connectivity index (χ3v) is 10.4. The first-order chi connectivity index (χ1) is 22.9. The summed E-state index contributed by atoms with van der Waals surface area (Å²) < 4.78 is 15.1. The molecule has 0 aliphatic heterocycles. The topological polar surface area (TPSA) is 103 Å². The van der Waals surface area contributed by atoms with Crippen molar-refractivity contribution >= 4 is 23.1 Å². The lowest BCUT2D eigenvalue weighted by atomic mass is 10.2. The number of hydrogen-bond donors (Lipinski definition) is 0. The fraction of sp³-hybridized carbons (Fsp3) is 0.650. The molecular weight excluding hydrogens is 621 g/mol. The molecule has 0 saturated carbocycles. The fourth-order valence-corrected chi connectivity index (χ4v) is 6.97. The second-order valence-electron chi connectivity index (χ2n) is 13.5. The molecule has 0 bridgehead atoms. The van der Waals surface area contributed by atoms with E-state index in [1.807, 2.05) is 0 Å². The quantitative estimate of drug-likeness (QED) is 0.0958. The summed E-state index contributed by atoms with van der Waals surface area (Å²) in [7, 11) is 4.89. The molecule has 0 amide bonds. The molecule has 0 spiro atoms. The number of aromatic carboxylic acids is 2. The summed E-state index contributed by atoms with van der Waals surface area (Å²) in [6.45, 7) is 22.1. The van der Waals surface area contributed by atoms with Crippen molar-refractivity contribution in [2.75, 3.05) is 53.4 Å². The fourth-order valence-electron chi connectivity index (χ4n) is 5.62. The second-order valence-corrected chi connectivity index (χ2v) is 15.0. The van der Waals surface area contributed by atoms with E-state index in [1.165, 1.54) is 174 Å². The Kier molecular flexibility index (Phi) is 25.2. The van der Waals surface area contributed by atoms with Crippen molar-refractivity contribution in [1.82, 2.24) is 0 Å². The molecule has 0 fully saturated rings. The maximum absolute atomic E-state index is 12.4. The number of hydrogen-bond acceptors (Lipinski definition) is 5. The molecule has 8 heteroatoms. The standard InChI is InChI=1S/C14H10O5S.2C13H30N/c15-13(16)9-5-1-3-7-11(9)20(19)12-8-4-2-6-10(12)14(17)18;2*1-5-8-11-14(4,12-9-6-2)13-10-7-3/h1-8H,(H,15,16)(H,17,18);2*5-13H2,1-4H3/q;2*+1/p-2. The van der Waals surface area contributed by atoms with Crippen LogP contribution in [0.1, 0.15) is 139 Å². The largest absolute Gasteiger partial charge is 0.606 e. The van der Waals surface area contributed by atoms with Crippen LogP contribution in [0.15, 0.2) is 58.3 Å². The predicted octanol–water partition coefficient (Wildman–Crippen LogP) is 7.25. The number of unbranched alkanes of at least 4 members (excludes halogenated alkanes) is 6. The maximum atomic E-state index is 12.4. The van der Waals surface area contributed by atoms with E-state index in [9.17, 15) is 24.4 Å². The van der Waals surface area contributed by atoms with E-state index < -0.39 is 23.1 Å². The van der Waals surface area contributed by atoms with Crippen LogP contribution in [0.5, 0.6) is 0 Å². The van der Waals surface area contributed by atoms with Gasteiger partial charge in [0.15, 0.2) is 9.79 Å². The van der Waals surface area contributed by atoms with Crippen LogP contribution in [-0.2, 0) is 11.2 Å². The van der Waals surface area contributed by atoms with Crippen LogP contribution in [0.4, 0.5) is 0 Å². The lowest BCUT2D eigenvalue weighted by molar-refractivity contribution is -0.910. The number of quaternary nitrogens is 2. The van der Waals surface area contributed by atoms with Gasteiger partial charge in [-0.05, 0) is 62.8 Å². The average molecular weight is 689 g/mol. The Bertz CT molecular complexity index is 1010. The Morgan fingerprint density at radius 1 is 0.500 bits per heavy atom. The Hall–Kier alpha value is -2.39. The summed E-state index contributed by atoms with van der Waals surface area (Å²) in [5.74, 6) is -2.94. The molecule has 0 aliphatic carbocycles. The lowest BCUT2D eigenvalue weighted by Gasteiger charge is -2.34. The van der Waals surface area contributed by atoms with Crippen molar-refractivity contribution in [3.05, 3.63) is 59.7 Å². The van der Waals surface area contributed by atoms with Crippen LogP contribution < -0.4 is 10.2 Å². The monoisotopic (exact) mass is 688 g/mol. The minimum Gasteiger partial charge on any atom is -0.606 e. The first-order valence-corrected chi connectivity index (χ1v) is 19.7. The first-order valence-electron chi connectivity index (χ1n) is 18.6. The van der Waals surface area contributed by atoms with E-state index in [0.717, 1.165) is 0 Å². The van der Waals surface area contributed by atoms with Gasteiger partial charge < -0.3 is 33.3 Å². The van der Waals surface area contributed by atoms with Crippen LogP contribution in [-0.4, -0.2) is 78.8 Å². The number of carbonyl (C=O) groups is 2. The highest BCUT2D eigenvalue weighted by atomic mass is 32.2. The molecule has 2 aromatic rings. The smallest absolute Gasteiger partial charge is 0.167 e.